The summed E-state index contributed by atoms with van der Waals surface area (Å²) in [5.41, 5.74) is 7.50. The van der Waals surface area contributed by atoms with Crippen molar-refractivity contribution in [2.24, 2.45) is 5.92 Å². The van der Waals surface area contributed by atoms with Gasteiger partial charge in [-0.05, 0) is 42.9 Å². The molecule has 1 aromatic rings. The van der Waals surface area contributed by atoms with Crippen LogP contribution >= 0.6 is 0 Å². The summed E-state index contributed by atoms with van der Waals surface area (Å²) in [7, 11) is 0. The zero-order valence-electron chi connectivity index (χ0n) is 11.1. The van der Waals surface area contributed by atoms with Gasteiger partial charge in [-0.3, -0.25) is 4.79 Å². The lowest BCUT2D eigenvalue weighted by Crippen LogP contribution is -2.22. The molecule has 1 aliphatic rings. The second-order valence-electron chi connectivity index (χ2n) is 4.98. The van der Waals surface area contributed by atoms with E-state index >= 15 is 0 Å². The number of aryl methyl sites for hydroxylation is 1. The third-order valence-corrected chi connectivity index (χ3v) is 3.39. The van der Waals surface area contributed by atoms with Crippen LogP contribution in [0.2, 0.25) is 0 Å². The molecule has 1 saturated heterocycles. The minimum Gasteiger partial charge on any atom is -0.465 e. The van der Waals surface area contributed by atoms with Crippen LogP contribution in [-0.2, 0) is 20.7 Å². The van der Waals surface area contributed by atoms with Crippen molar-refractivity contribution in [1.82, 2.24) is 0 Å². The highest BCUT2D eigenvalue weighted by Crippen LogP contribution is 2.15. The van der Waals surface area contributed by atoms with Crippen LogP contribution in [0, 0.1) is 5.92 Å². The van der Waals surface area contributed by atoms with E-state index in [0.717, 1.165) is 37.3 Å². The van der Waals surface area contributed by atoms with Gasteiger partial charge in [0.05, 0.1) is 6.61 Å². The van der Waals surface area contributed by atoms with Crippen LogP contribution in [0.15, 0.2) is 24.3 Å². The van der Waals surface area contributed by atoms with Crippen LogP contribution in [0.4, 0.5) is 5.69 Å². The lowest BCUT2D eigenvalue weighted by molar-refractivity contribution is -0.145. The van der Waals surface area contributed by atoms with Crippen molar-refractivity contribution >= 4 is 11.7 Å². The van der Waals surface area contributed by atoms with Crippen LogP contribution in [-0.4, -0.2) is 25.8 Å². The first-order valence-electron chi connectivity index (χ1n) is 6.82. The Balaban J connectivity index is 1.66. The second-order valence-corrected chi connectivity index (χ2v) is 4.98. The van der Waals surface area contributed by atoms with Crippen molar-refractivity contribution in [2.45, 2.75) is 25.7 Å². The fourth-order valence-corrected chi connectivity index (χ4v) is 2.19. The Hall–Kier alpha value is -1.55. The highest BCUT2D eigenvalue weighted by Gasteiger charge is 2.15. The van der Waals surface area contributed by atoms with E-state index in [2.05, 4.69) is 0 Å². The molecule has 1 aromatic carbocycles. The van der Waals surface area contributed by atoms with Crippen LogP contribution < -0.4 is 5.73 Å². The topological polar surface area (TPSA) is 61.6 Å². The van der Waals surface area contributed by atoms with Gasteiger partial charge in [0.15, 0.2) is 0 Å². The van der Waals surface area contributed by atoms with Crippen molar-refractivity contribution < 1.29 is 14.3 Å². The Morgan fingerprint density at radius 1 is 1.37 bits per heavy atom. The Morgan fingerprint density at radius 2 is 2.16 bits per heavy atom. The molecule has 0 spiro atoms. The number of ether oxygens (including phenoxy) is 2. The van der Waals surface area contributed by atoms with E-state index in [1.807, 2.05) is 24.3 Å². The van der Waals surface area contributed by atoms with Gasteiger partial charge in [-0.25, -0.2) is 0 Å². The molecule has 4 heteroatoms. The molecule has 0 aromatic heterocycles. The number of carbonyl (C=O) groups is 1. The van der Waals surface area contributed by atoms with Crippen LogP contribution in [0.3, 0.4) is 0 Å². The minimum absolute atomic E-state index is 0.131. The molecule has 0 bridgehead atoms. The molecule has 0 aliphatic carbocycles. The van der Waals surface area contributed by atoms with Crippen LogP contribution in [0.1, 0.15) is 24.8 Å². The highest BCUT2D eigenvalue weighted by atomic mass is 16.5. The largest absolute Gasteiger partial charge is 0.465 e. The number of nitrogens with two attached hydrogens (primary N) is 1. The monoisotopic (exact) mass is 263 g/mol. The number of rotatable bonds is 5. The van der Waals surface area contributed by atoms with Gasteiger partial charge >= 0.3 is 5.97 Å². The van der Waals surface area contributed by atoms with E-state index in [1.54, 1.807) is 0 Å². The summed E-state index contributed by atoms with van der Waals surface area (Å²) in [5, 5.41) is 0. The molecular formula is C15H21NO3. The number of hydrogen-bond acceptors (Lipinski definition) is 4. The standard InChI is InChI=1S/C15H21NO3/c16-14-3-1-2-12(10-14)4-5-15(17)19-11-13-6-8-18-9-7-13/h1-3,10,13H,4-9,11,16H2. The summed E-state index contributed by atoms with van der Waals surface area (Å²) >= 11 is 0. The summed E-state index contributed by atoms with van der Waals surface area (Å²) in [6.45, 7) is 2.09. The van der Waals surface area contributed by atoms with Crippen LogP contribution in [0.5, 0.6) is 0 Å². The van der Waals surface area contributed by atoms with E-state index in [9.17, 15) is 4.79 Å². The fourth-order valence-electron chi connectivity index (χ4n) is 2.19. The molecule has 0 saturated carbocycles. The molecule has 4 nitrogen and oxygen atoms in total. The maximum Gasteiger partial charge on any atom is 0.306 e. The normalized spacial score (nSPS) is 16.2. The molecule has 19 heavy (non-hydrogen) atoms. The third-order valence-electron chi connectivity index (χ3n) is 3.39. The summed E-state index contributed by atoms with van der Waals surface area (Å²) in [6, 6.07) is 7.61. The van der Waals surface area contributed by atoms with Crippen molar-refractivity contribution in [3.8, 4) is 0 Å². The van der Waals surface area contributed by atoms with E-state index in [-0.39, 0.29) is 5.97 Å². The Bertz CT molecular complexity index is 414. The minimum atomic E-state index is -0.131. The predicted octanol–water partition coefficient (Wildman–Crippen LogP) is 2.17. The van der Waals surface area contributed by atoms with Crippen LogP contribution in [0.25, 0.3) is 0 Å². The quantitative estimate of drug-likeness (QED) is 0.653. The lowest BCUT2D eigenvalue weighted by atomic mass is 10.0. The van der Waals surface area contributed by atoms with Gasteiger partial charge in [-0.1, -0.05) is 12.1 Å². The molecular weight excluding hydrogens is 242 g/mol. The molecule has 0 radical (unpaired) electrons. The first-order chi connectivity index (χ1) is 9.24. The number of carbonyl (C=O) groups excluding carboxylic acids is 1. The van der Waals surface area contributed by atoms with Gasteiger partial charge < -0.3 is 15.2 Å². The number of anilines is 1. The van der Waals surface area contributed by atoms with E-state index in [1.165, 1.54) is 0 Å². The molecule has 1 heterocycles. The molecule has 0 unspecified atom stereocenters. The number of benzene rings is 1. The third kappa shape index (κ3) is 4.91. The summed E-state index contributed by atoms with van der Waals surface area (Å²) < 4.78 is 10.6. The average Bonchev–Trinajstić information content (AvgIpc) is 2.44. The zero-order chi connectivity index (χ0) is 13.5. The van der Waals surface area contributed by atoms with Gasteiger partial charge in [0.2, 0.25) is 0 Å². The number of esters is 1. The van der Waals surface area contributed by atoms with Crippen molar-refractivity contribution in [3.05, 3.63) is 29.8 Å². The van der Waals surface area contributed by atoms with Gasteiger partial charge in [-0.15, -0.1) is 0 Å². The first-order valence-corrected chi connectivity index (χ1v) is 6.82. The Labute approximate surface area is 113 Å². The maximum atomic E-state index is 11.7. The fraction of sp³-hybridized carbons (Fsp3) is 0.533. The predicted molar refractivity (Wildman–Crippen MR) is 73.7 cm³/mol. The van der Waals surface area contributed by atoms with Crippen molar-refractivity contribution in [3.63, 3.8) is 0 Å². The molecule has 0 atom stereocenters. The van der Waals surface area contributed by atoms with Gasteiger partial charge in [0, 0.05) is 25.3 Å². The highest BCUT2D eigenvalue weighted by molar-refractivity contribution is 5.69. The Morgan fingerprint density at radius 3 is 2.89 bits per heavy atom. The zero-order valence-corrected chi connectivity index (χ0v) is 11.1. The Kier molecular flexibility index (Phi) is 5.21. The van der Waals surface area contributed by atoms with E-state index in [0.29, 0.717) is 25.4 Å². The average molecular weight is 263 g/mol. The molecule has 0 amide bonds. The van der Waals surface area contributed by atoms with Crippen molar-refractivity contribution in [1.29, 1.82) is 0 Å². The summed E-state index contributed by atoms with van der Waals surface area (Å²) in [4.78, 5) is 11.7. The molecule has 2 N–H and O–H groups in total. The molecule has 1 fully saturated rings. The SMILES string of the molecule is Nc1cccc(CCC(=O)OCC2CCOCC2)c1. The first kappa shape index (κ1) is 13.9. The van der Waals surface area contributed by atoms with Gasteiger partial charge in [0.1, 0.15) is 0 Å². The molecule has 2 rings (SSSR count). The summed E-state index contributed by atoms with van der Waals surface area (Å²) in [6.07, 6.45) is 3.06. The van der Waals surface area contributed by atoms with Gasteiger partial charge in [0.25, 0.3) is 0 Å². The smallest absolute Gasteiger partial charge is 0.306 e. The van der Waals surface area contributed by atoms with Crippen molar-refractivity contribution in [2.75, 3.05) is 25.6 Å². The number of nitrogen functional groups attached to an aromatic ring is 1. The molecule has 104 valence electrons. The van der Waals surface area contributed by atoms with E-state index < -0.39 is 0 Å². The number of hydrogen-bond donors (Lipinski definition) is 1. The summed E-state index contributed by atoms with van der Waals surface area (Å²) in [5.74, 6) is 0.332. The second kappa shape index (κ2) is 7.14. The lowest BCUT2D eigenvalue weighted by Gasteiger charge is -2.21. The molecule has 1 aliphatic heterocycles. The maximum absolute atomic E-state index is 11.7. The van der Waals surface area contributed by atoms with Gasteiger partial charge in [-0.2, -0.15) is 0 Å². The van der Waals surface area contributed by atoms with E-state index in [4.69, 9.17) is 15.2 Å².